The molecule has 5 heavy (non-hydrogen) atoms. The van der Waals surface area contributed by atoms with Gasteiger partial charge in [-0.25, -0.2) is 0 Å². The molecule has 0 rings (SSSR count). The largest absolute Gasteiger partial charge is 0.330 e. The normalized spacial score (nSPS) is 14.6. The second-order valence-electron chi connectivity index (χ2n) is 1.41. The summed E-state index contributed by atoms with van der Waals surface area (Å²) in [5.41, 5.74) is 5.12. The molecule has 0 bridgehead atoms. The maximum Gasteiger partial charge on any atom is 0.0310 e. The number of rotatable bonds is 1. The van der Waals surface area contributed by atoms with Crippen molar-refractivity contribution in [2.24, 2.45) is 11.6 Å². The van der Waals surface area contributed by atoms with Gasteiger partial charge >= 0.3 is 0 Å². The van der Waals surface area contributed by atoms with E-state index >= 15 is 0 Å². The van der Waals surface area contributed by atoms with Gasteiger partial charge in [-0.2, -0.15) is 0 Å². The molecule has 0 radical (unpaired) electrons. The van der Waals surface area contributed by atoms with Crippen molar-refractivity contribution in [3.05, 3.63) is 0 Å². The zero-order chi connectivity index (χ0) is 5.21. The molecular weight excluding hydrogens is 62.1 g/mol. The highest BCUT2D eigenvalue weighted by Crippen LogP contribution is 1.81. The van der Waals surface area contributed by atoms with Crippen LogP contribution in [0.15, 0.2) is 0 Å². The molecule has 0 saturated carbocycles. The Balaban J connectivity index is 3.17. The molecule has 1 heteroatoms. The molecule has 1 nitrogen and oxygen atoms in total. The molecule has 0 amide bonds. The fraction of sp³-hybridized carbons (Fsp3) is 1.00. The van der Waals surface area contributed by atoms with Crippen LogP contribution in [0, 0.1) is 5.89 Å². The van der Waals surface area contributed by atoms with Gasteiger partial charge in [0.2, 0.25) is 0 Å². The second kappa shape index (κ2) is 2.21. The first-order valence-electron chi connectivity index (χ1n) is 2.26. The average molecular weight is 74.1 g/mol. The van der Waals surface area contributed by atoms with Gasteiger partial charge in [-0.1, -0.05) is 13.8 Å². The maximum atomic E-state index is 7.06. The van der Waals surface area contributed by atoms with Crippen molar-refractivity contribution in [2.75, 3.05) is 6.54 Å². The first kappa shape index (κ1) is 3.16. The summed E-state index contributed by atoms with van der Waals surface area (Å²) in [4.78, 5) is 0. The first-order valence-corrected chi connectivity index (χ1v) is 1.76. The van der Waals surface area contributed by atoms with Gasteiger partial charge in [0.15, 0.2) is 0 Å². The lowest BCUT2D eigenvalue weighted by Crippen LogP contribution is -2.05. The van der Waals surface area contributed by atoms with Gasteiger partial charge in [0.25, 0.3) is 0 Å². The van der Waals surface area contributed by atoms with E-state index in [0.29, 0.717) is 6.54 Å². The highest BCUT2D eigenvalue weighted by Gasteiger charge is 1.80. The van der Waals surface area contributed by atoms with E-state index in [-0.39, 0.29) is 0 Å². The van der Waals surface area contributed by atoms with Gasteiger partial charge in [0.05, 0.1) is 0 Å². The van der Waals surface area contributed by atoms with Crippen LogP contribution >= 0.6 is 0 Å². The van der Waals surface area contributed by atoms with Gasteiger partial charge in [-0.3, -0.25) is 0 Å². The Morgan fingerprint density at radius 1 is 2.00 bits per heavy atom. The minimum absolute atomic E-state index is 0.431. The third-order valence-corrected chi connectivity index (χ3v) is 0.408. The number of nitrogens with two attached hydrogens (primary N) is 1. The molecular formula is C4H11N. The van der Waals surface area contributed by atoms with E-state index in [1.165, 1.54) is 0 Å². The zero-order valence-electron chi connectivity index (χ0n) is 4.78. The van der Waals surface area contributed by atoms with E-state index in [9.17, 15) is 0 Å². The molecule has 0 heterocycles. The Hall–Kier alpha value is -0.0400. The van der Waals surface area contributed by atoms with Crippen molar-refractivity contribution < 1.29 is 1.37 Å². The van der Waals surface area contributed by atoms with Crippen molar-refractivity contribution in [2.45, 2.75) is 13.8 Å². The highest BCUT2D eigenvalue weighted by atomic mass is 14.5. The molecule has 0 aliphatic heterocycles. The minimum Gasteiger partial charge on any atom is -0.330 e. The predicted octanol–water partition coefficient (Wildman–Crippen LogP) is 0.601. The van der Waals surface area contributed by atoms with Crippen LogP contribution in [0.5, 0.6) is 0 Å². The Labute approximate surface area is 34.6 Å². The lowest BCUT2D eigenvalue weighted by molar-refractivity contribution is 0.664. The van der Waals surface area contributed by atoms with Crippen LogP contribution in [0.1, 0.15) is 15.2 Å². The molecule has 32 valence electrons. The van der Waals surface area contributed by atoms with E-state index < -0.39 is 5.89 Å². The Morgan fingerprint density at radius 2 is 2.20 bits per heavy atom. The van der Waals surface area contributed by atoms with Gasteiger partial charge in [0, 0.05) is 1.37 Å². The third kappa shape index (κ3) is 3.96. The number of hydrogen-bond donors (Lipinski definition) is 1. The molecule has 0 aromatic rings. The van der Waals surface area contributed by atoms with Crippen LogP contribution in [0.2, 0.25) is 0 Å². The first-order chi connectivity index (χ1) is 2.56. The van der Waals surface area contributed by atoms with Crippen molar-refractivity contribution in [1.29, 1.82) is 0 Å². The molecule has 0 aromatic heterocycles. The summed E-state index contributed by atoms with van der Waals surface area (Å²) < 4.78 is 7.06. The summed E-state index contributed by atoms with van der Waals surface area (Å²) in [5, 5.41) is 0. The highest BCUT2D eigenvalue weighted by molar-refractivity contribution is 4.38. The lowest BCUT2D eigenvalue weighted by Gasteiger charge is -1.91. The quantitative estimate of drug-likeness (QED) is 0.484. The number of hydrogen-bond acceptors (Lipinski definition) is 1. The Kier molecular flexibility index (Phi) is 1.40. The van der Waals surface area contributed by atoms with Crippen LogP contribution in [-0.4, -0.2) is 6.54 Å². The van der Waals surface area contributed by atoms with Crippen LogP contribution in [0.3, 0.4) is 0 Å². The topological polar surface area (TPSA) is 26.0 Å². The van der Waals surface area contributed by atoms with Gasteiger partial charge in [-0.05, 0) is 12.4 Å². The molecule has 0 spiro atoms. The van der Waals surface area contributed by atoms with Crippen molar-refractivity contribution >= 4 is 0 Å². The van der Waals surface area contributed by atoms with Crippen molar-refractivity contribution in [1.82, 2.24) is 0 Å². The van der Waals surface area contributed by atoms with Gasteiger partial charge in [-0.15, -0.1) is 0 Å². The minimum atomic E-state index is -0.431. The van der Waals surface area contributed by atoms with Gasteiger partial charge < -0.3 is 5.73 Å². The van der Waals surface area contributed by atoms with Crippen LogP contribution in [0.25, 0.3) is 0 Å². The van der Waals surface area contributed by atoms with Crippen LogP contribution in [-0.2, 0) is 0 Å². The lowest BCUT2D eigenvalue weighted by atomic mass is 10.2. The van der Waals surface area contributed by atoms with E-state index in [1.807, 2.05) is 0 Å². The summed E-state index contributed by atoms with van der Waals surface area (Å²) in [6, 6.07) is 0. The molecule has 0 aliphatic carbocycles. The molecule has 2 N–H and O–H groups in total. The molecule has 0 atom stereocenters. The SMILES string of the molecule is [2H]C(C)(C)CN. The smallest absolute Gasteiger partial charge is 0.0310 e. The monoisotopic (exact) mass is 74.1 g/mol. The fourth-order valence-corrected chi connectivity index (χ4v) is 0. The van der Waals surface area contributed by atoms with Crippen LogP contribution in [0.4, 0.5) is 0 Å². The molecule has 0 fully saturated rings. The van der Waals surface area contributed by atoms with Crippen molar-refractivity contribution in [3.8, 4) is 0 Å². The fourth-order valence-electron chi connectivity index (χ4n) is 0. The van der Waals surface area contributed by atoms with E-state index in [1.54, 1.807) is 13.8 Å². The summed E-state index contributed by atoms with van der Waals surface area (Å²) in [5.74, 6) is -0.431. The second-order valence-corrected chi connectivity index (χ2v) is 1.41. The predicted molar refractivity (Wildman–Crippen MR) is 23.9 cm³/mol. The summed E-state index contributed by atoms with van der Waals surface area (Å²) >= 11 is 0. The standard InChI is InChI=1S/C4H11N/c1-4(2)3-5/h4H,3,5H2,1-2H3/i4D. The van der Waals surface area contributed by atoms with Gasteiger partial charge in [0.1, 0.15) is 0 Å². The average Bonchev–Trinajstić information content (AvgIpc) is 1.35. The Bertz CT molecular complexity index is 37.3. The Morgan fingerprint density at radius 3 is 2.20 bits per heavy atom. The molecule has 0 aromatic carbocycles. The van der Waals surface area contributed by atoms with Crippen LogP contribution < -0.4 is 5.73 Å². The maximum absolute atomic E-state index is 7.06. The van der Waals surface area contributed by atoms with E-state index in [4.69, 9.17) is 7.10 Å². The summed E-state index contributed by atoms with van der Waals surface area (Å²) in [6.07, 6.45) is 0. The van der Waals surface area contributed by atoms with E-state index in [0.717, 1.165) is 0 Å². The van der Waals surface area contributed by atoms with E-state index in [2.05, 4.69) is 0 Å². The summed E-state index contributed by atoms with van der Waals surface area (Å²) in [7, 11) is 0. The third-order valence-electron chi connectivity index (χ3n) is 0.408. The zero-order valence-corrected chi connectivity index (χ0v) is 3.78. The molecule has 0 saturated heterocycles. The molecule has 0 unspecified atom stereocenters. The molecule has 0 aliphatic rings. The summed E-state index contributed by atoms with van der Waals surface area (Å²) in [6.45, 7) is 4.01. The van der Waals surface area contributed by atoms with Crippen molar-refractivity contribution in [3.63, 3.8) is 0 Å².